The number of hydrogen-bond acceptors (Lipinski definition) is 3. The van der Waals surface area contributed by atoms with E-state index in [9.17, 15) is 9.90 Å². The van der Waals surface area contributed by atoms with Crippen molar-refractivity contribution in [1.29, 1.82) is 0 Å². The normalized spacial score (nSPS) is 24.9. The van der Waals surface area contributed by atoms with Crippen LogP contribution in [-0.4, -0.2) is 23.8 Å². The molecule has 0 radical (unpaired) electrons. The molecule has 0 amide bonds. The molecule has 1 N–H and O–H groups in total. The smallest absolute Gasteiger partial charge is 0.311 e. The van der Waals surface area contributed by atoms with Crippen LogP contribution in [-0.2, 0) is 9.53 Å². The highest BCUT2D eigenvalue weighted by Gasteiger charge is 2.38. The molecule has 1 aliphatic carbocycles. The van der Waals surface area contributed by atoms with Crippen molar-refractivity contribution in [2.24, 2.45) is 29.1 Å². The standard InChI is InChI=1S/C25H38O3/c1-17(2)21-13-12-18(3)14-22(21)23(28-24(27)25(4,5)6)15-20(16-26)19-10-8-7-9-11-19/h7-11,15,17-18,21-23,26H,12-14,16H2,1-6H3/b20-15+/t18-,21+,22-,23+/m1/s1. The van der Waals surface area contributed by atoms with E-state index < -0.39 is 5.41 Å². The average Bonchev–Trinajstić information content (AvgIpc) is 2.64. The molecule has 1 aliphatic rings. The highest BCUT2D eigenvalue weighted by molar-refractivity contribution is 5.76. The molecule has 3 heteroatoms. The molecular formula is C25H38O3. The molecule has 156 valence electrons. The third-order valence-corrected chi connectivity index (χ3v) is 6.03. The molecule has 1 saturated carbocycles. The predicted octanol–water partition coefficient (Wildman–Crippen LogP) is 5.73. The van der Waals surface area contributed by atoms with Crippen LogP contribution in [0.1, 0.15) is 66.4 Å². The van der Waals surface area contributed by atoms with E-state index in [4.69, 9.17) is 4.74 Å². The first-order valence-corrected chi connectivity index (χ1v) is 10.7. The molecule has 0 spiro atoms. The van der Waals surface area contributed by atoms with Crippen molar-refractivity contribution in [1.82, 2.24) is 0 Å². The monoisotopic (exact) mass is 386 g/mol. The van der Waals surface area contributed by atoms with Crippen LogP contribution in [0, 0.1) is 29.1 Å². The maximum atomic E-state index is 12.8. The largest absolute Gasteiger partial charge is 0.457 e. The Kier molecular flexibility index (Phi) is 7.88. The number of aliphatic hydroxyl groups excluding tert-OH is 1. The minimum atomic E-state index is -0.550. The highest BCUT2D eigenvalue weighted by Crippen LogP contribution is 2.42. The summed E-state index contributed by atoms with van der Waals surface area (Å²) in [4.78, 5) is 12.8. The summed E-state index contributed by atoms with van der Waals surface area (Å²) in [5, 5.41) is 10.0. The second-order valence-corrected chi connectivity index (χ2v) is 9.83. The second-order valence-electron chi connectivity index (χ2n) is 9.83. The summed E-state index contributed by atoms with van der Waals surface area (Å²) >= 11 is 0. The molecule has 0 unspecified atom stereocenters. The number of ether oxygens (including phenoxy) is 1. The summed E-state index contributed by atoms with van der Waals surface area (Å²) < 4.78 is 6.11. The van der Waals surface area contributed by atoms with Crippen molar-refractivity contribution in [2.75, 3.05) is 6.61 Å². The van der Waals surface area contributed by atoms with Gasteiger partial charge >= 0.3 is 5.97 Å². The van der Waals surface area contributed by atoms with Gasteiger partial charge in [0.25, 0.3) is 0 Å². The van der Waals surface area contributed by atoms with E-state index in [1.165, 1.54) is 12.8 Å². The maximum absolute atomic E-state index is 12.8. The van der Waals surface area contributed by atoms with Crippen LogP contribution < -0.4 is 0 Å². The van der Waals surface area contributed by atoms with Gasteiger partial charge in [0.2, 0.25) is 0 Å². The van der Waals surface area contributed by atoms with Crippen molar-refractivity contribution >= 4 is 11.5 Å². The quantitative estimate of drug-likeness (QED) is 0.635. The van der Waals surface area contributed by atoms with Gasteiger partial charge in [-0.2, -0.15) is 0 Å². The highest BCUT2D eigenvalue weighted by atomic mass is 16.5. The van der Waals surface area contributed by atoms with Crippen LogP contribution >= 0.6 is 0 Å². The number of rotatable bonds is 6. The lowest BCUT2D eigenvalue weighted by Crippen LogP contribution is -2.39. The lowest BCUT2D eigenvalue weighted by molar-refractivity contribution is -0.161. The van der Waals surface area contributed by atoms with E-state index in [1.807, 2.05) is 57.2 Å². The van der Waals surface area contributed by atoms with Gasteiger partial charge in [-0.15, -0.1) is 0 Å². The third kappa shape index (κ3) is 5.94. The van der Waals surface area contributed by atoms with Crippen LogP contribution in [0.3, 0.4) is 0 Å². The van der Waals surface area contributed by atoms with E-state index >= 15 is 0 Å². The van der Waals surface area contributed by atoms with Gasteiger partial charge < -0.3 is 9.84 Å². The molecule has 4 atom stereocenters. The molecule has 0 aromatic heterocycles. The lowest BCUT2D eigenvalue weighted by atomic mass is 9.67. The molecular weight excluding hydrogens is 348 g/mol. The topological polar surface area (TPSA) is 46.5 Å². The summed E-state index contributed by atoms with van der Waals surface area (Å²) in [6, 6.07) is 9.89. The van der Waals surface area contributed by atoms with Crippen molar-refractivity contribution in [2.45, 2.75) is 66.9 Å². The fraction of sp³-hybridized carbons (Fsp3) is 0.640. The zero-order chi connectivity index (χ0) is 20.9. The predicted molar refractivity (Wildman–Crippen MR) is 116 cm³/mol. The van der Waals surface area contributed by atoms with Gasteiger partial charge in [-0.25, -0.2) is 0 Å². The maximum Gasteiger partial charge on any atom is 0.311 e. The van der Waals surface area contributed by atoms with Crippen LogP contribution in [0.5, 0.6) is 0 Å². The zero-order valence-electron chi connectivity index (χ0n) is 18.4. The molecule has 1 aromatic rings. The van der Waals surface area contributed by atoms with Gasteiger partial charge in [0.05, 0.1) is 12.0 Å². The summed E-state index contributed by atoms with van der Waals surface area (Å²) in [6.45, 7) is 12.4. The van der Waals surface area contributed by atoms with Crippen molar-refractivity contribution in [3.8, 4) is 0 Å². The van der Waals surface area contributed by atoms with Crippen LogP contribution in [0.2, 0.25) is 0 Å². The molecule has 2 rings (SSSR count). The van der Waals surface area contributed by atoms with Crippen molar-refractivity contribution < 1.29 is 14.6 Å². The number of hydrogen-bond donors (Lipinski definition) is 1. The first kappa shape index (κ1) is 22.7. The molecule has 0 saturated heterocycles. The van der Waals surface area contributed by atoms with Crippen LogP contribution in [0.15, 0.2) is 36.4 Å². The van der Waals surface area contributed by atoms with Crippen LogP contribution in [0.25, 0.3) is 5.57 Å². The van der Waals surface area contributed by atoms with E-state index in [0.29, 0.717) is 17.8 Å². The summed E-state index contributed by atoms with van der Waals surface area (Å²) in [5.41, 5.74) is 1.26. The Labute approximate surface area is 171 Å². The van der Waals surface area contributed by atoms with Gasteiger partial charge in [-0.05, 0) is 68.6 Å². The lowest BCUT2D eigenvalue weighted by Gasteiger charge is -2.41. The molecule has 0 aliphatic heterocycles. The van der Waals surface area contributed by atoms with Crippen molar-refractivity contribution in [3.05, 3.63) is 42.0 Å². The Morgan fingerprint density at radius 1 is 1.18 bits per heavy atom. The number of benzene rings is 1. The third-order valence-electron chi connectivity index (χ3n) is 6.03. The molecule has 28 heavy (non-hydrogen) atoms. The number of carbonyl (C=O) groups is 1. The van der Waals surface area contributed by atoms with Gasteiger partial charge in [-0.1, -0.05) is 57.5 Å². The Morgan fingerprint density at radius 2 is 1.82 bits per heavy atom. The minimum absolute atomic E-state index is 0.0673. The number of esters is 1. The number of carbonyl (C=O) groups excluding carboxylic acids is 1. The Morgan fingerprint density at radius 3 is 2.36 bits per heavy atom. The summed E-state index contributed by atoms with van der Waals surface area (Å²) in [5.74, 6) is 1.77. The van der Waals surface area contributed by atoms with Crippen LogP contribution in [0.4, 0.5) is 0 Å². The van der Waals surface area contributed by atoms with Gasteiger partial charge in [-0.3, -0.25) is 4.79 Å². The molecule has 0 bridgehead atoms. The van der Waals surface area contributed by atoms with Gasteiger partial charge in [0, 0.05) is 5.92 Å². The van der Waals surface area contributed by atoms with Gasteiger partial charge in [0.15, 0.2) is 0 Å². The second kappa shape index (κ2) is 9.73. The Bertz CT molecular complexity index is 654. The molecule has 3 nitrogen and oxygen atoms in total. The SMILES string of the molecule is CC(C)[C@@H]1CC[C@@H](C)C[C@H]1[C@H](/C=C(\CO)c1ccccc1)OC(=O)C(C)(C)C. The van der Waals surface area contributed by atoms with E-state index in [-0.39, 0.29) is 24.6 Å². The van der Waals surface area contributed by atoms with E-state index in [2.05, 4.69) is 20.8 Å². The van der Waals surface area contributed by atoms with E-state index in [0.717, 1.165) is 17.6 Å². The zero-order valence-corrected chi connectivity index (χ0v) is 18.4. The molecule has 0 heterocycles. The fourth-order valence-electron chi connectivity index (χ4n) is 4.29. The first-order chi connectivity index (χ1) is 13.1. The van der Waals surface area contributed by atoms with E-state index in [1.54, 1.807) is 0 Å². The Balaban J connectivity index is 2.43. The average molecular weight is 387 g/mol. The van der Waals surface area contributed by atoms with Gasteiger partial charge in [0.1, 0.15) is 6.10 Å². The summed E-state index contributed by atoms with van der Waals surface area (Å²) in [6.07, 6.45) is 5.14. The molecule has 1 aromatic carbocycles. The number of aliphatic hydroxyl groups is 1. The fourth-order valence-corrected chi connectivity index (χ4v) is 4.29. The summed E-state index contributed by atoms with van der Waals surface area (Å²) in [7, 11) is 0. The Hall–Kier alpha value is -1.61. The molecule has 1 fully saturated rings. The van der Waals surface area contributed by atoms with Crippen molar-refractivity contribution in [3.63, 3.8) is 0 Å². The minimum Gasteiger partial charge on any atom is -0.457 e. The first-order valence-electron chi connectivity index (χ1n) is 10.7.